The molecule has 0 bridgehead atoms. The minimum Gasteiger partial charge on any atom is -0.238 e. The highest BCUT2D eigenvalue weighted by atomic mass is 32.2. The monoisotopic (exact) mass is 206 g/mol. The Hall–Kier alpha value is -0.0431. The number of rotatable bonds is 4. The van der Waals surface area contributed by atoms with Crippen molar-refractivity contribution in [1.29, 1.82) is 0 Å². The molecule has 0 aliphatic rings. The van der Waals surface area contributed by atoms with Gasteiger partial charge in [0.2, 0.25) is 0 Å². The molecule has 0 heterocycles. The molecule has 68 valence electrons. The third-order valence-corrected chi connectivity index (χ3v) is 2.93. The van der Waals surface area contributed by atoms with Crippen molar-refractivity contribution in [3.05, 3.63) is 0 Å². The Kier molecular flexibility index (Phi) is 3.56. The smallest absolute Gasteiger partial charge is 0.238 e. The SMILES string of the molecule is CS(=O)(=O)CCC[Si](F)(F)F. The summed E-state index contributed by atoms with van der Waals surface area (Å²) in [6, 6.07) is -0.889. The molecule has 0 aliphatic heterocycles. The molecule has 0 aliphatic carbocycles. The van der Waals surface area contributed by atoms with Crippen molar-refractivity contribution in [3.8, 4) is 0 Å². The third kappa shape index (κ3) is 9.96. The molecular formula is C4H9F3O2SSi. The molecule has 0 unspecified atom stereocenters. The molecular weight excluding hydrogens is 197 g/mol. The average molecular weight is 206 g/mol. The molecule has 0 amide bonds. The van der Waals surface area contributed by atoms with Crippen LogP contribution in [0.5, 0.6) is 0 Å². The topological polar surface area (TPSA) is 34.1 Å². The first-order valence-electron chi connectivity index (χ1n) is 2.95. The van der Waals surface area contributed by atoms with Crippen molar-refractivity contribution in [2.75, 3.05) is 12.0 Å². The van der Waals surface area contributed by atoms with Gasteiger partial charge in [-0.15, -0.1) is 0 Å². The molecule has 0 saturated heterocycles. The number of sulfone groups is 1. The Morgan fingerprint density at radius 3 is 2.00 bits per heavy atom. The zero-order chi connectivity index (χ0) is 9.12. The lowest BCUT2D eigenvalue weighted by atomic mass is 10.6. The molecule has 0 atom stereocenters. The molecule has 11 heavy (non-hydrogen) atoms. The molecule has 0 fully saturated rings. The second-order valence-electron chi connectivity index (χ2n) is 2.35. The van der Waals surface area contributed by atoms with Gasteiger partial charge in [-0.25, -0.2) is 20.7 Å². The summed E-state index contributed by atoms with van der Waals surface area (Å²) in [6.45, 7) is 0. The summed E-state index contributed by atoms with van der Waals surface area (Å²) in [5, 5.41) is 0. The Morgan fingerprint density at radius 2 is 1.73 bits per heavy atom. The number of hydrogen-bond donors (Lipinski definition) is 0. The lowest BCUT2D eigenvalue weighted by Gasteiger charge is -2.00. The molecule has 0 aromatic carbocycles. The molecule has 0 saturated carbocycles. The summed E-state index contributed by atoms with van der Waals surface area (Å²) in [4.78, 5) is 0. The highest BCUT2D eigenvalue weighted by Crippen LogP contribution is 2.16. The van der Waals surface area contributed by atoms with E-state index in [4.69, 9.17) is 0 Å². The third-order valence-electron chi connectivity index (χ3n) is 0.975. The first-order valence-corrected chi connectivity index (χ1v) is 6.85. The summed E-state index contributed by atoms with van der Waals surface area (Å²) >= 11 is 0. The van der Waals surface area contributed by atoms with Crippen LogP contribution in [0.15, 0.2) is 0 Å². The Morgan fingerprint density at radius 1 is 1.27 bits per heavy atom. The van der Waals surface area contributed by atoms with Gasteiger partial charge in [-0.3, -0.25) is 0 Å². The highest BCUT2D eigenvalue weighted by molar-refractivity contribution is 7.90. The lowest BCUT2D eigenvalue weighted by Crippen LogP contribution is -2.16. The van der Waals surface area contributed by atoms with E-state index in [0.717, 1.165) is 6.26 Å². The zero-order valence-corrected chi connectivity index (χ0v) is 7.80. The summed E-state index contributed by atoms with van der Waals surface area (Å²) in [7, 11) is -8.75. The average Bonchev–Trinajstić information content (AvgIpc) is 1.55. The van der Waals surface area contributed by atoms with Gasteiger partial charge in [0.15, 0.2) is 0 Å². The van der Waals surface area contributed by atoms with Gasteiger partial charge in [0.25, 0.3) is 0 Å². The van der Waals surface area contributed by atoms with Gasteiger partial charge in [-0.1, -0.05) is 0 Å². The van der Waals surface area contributed by atoms with E-state index in [2.05, 4.69) is 0 Å². The van der Waals surface area contributed by atoms with Crippen molar-refractivity contribution in [2.45, 2.75) is 12.5 Å². The van der Waals surface area contributed by atoms with Crippen LogP contribution in [0, 0.1) is 0 Å². The summed E-state index contributed by atoms with van der Waals surface area (Å²) in [6.07, 6.45) is 0.652. The van der Waals surface area contributed by atoms with Gasteiger partial charge in [0.05, 0.1) is 0 Å². The van der Waals surface area contributed by atoms with Crippen LogP contribution in [0.3, 0.4) is 0 Å². The Balaban J connectivity index is 3.61. The van der Waals surface area contributed by atoms with E-state index in [-0.39, 0.29) is 12.2 Å². The zero-order valence-electron chi connectivity index (χ0n) is 5.98. The van der Waals surface area contributed by atoms with Crippen LogP contribution in [0.25, 0.3) is 0 Å². The lowest BCUT2D eigenvalue weighted by molar-refractivity contribution is 0.466. The van der Waals surface area contributed by atoms with Gasteiger partial charge in [0, 0.05) is 18.1 Å². The molecule has 7 heteroatoms. The number of halogens is 3. The first kappa shape index (κ1) is 11.0. The first-order chi connectivity index (χ1) is 4.71. The quantitative estimate of drug-likeness (QED) is 0.512. The van der Waals surface area contributed by atoms with Crippen molar-refractivity contribution >= 4 is 18.9 Å². The second-order valence-corrected chi connectivity index (χ2v) is 6.34. The van der Waals surface area contributed by atoms with Crippen LogP contribution in [-0.4, -0.2) is 29.5 Å². The van der Waals surface area contributed by atoms with E-state index in [9.17, 15) is 20.7 Å². The van der Waals surface area contributed by atoms with Crippen molar-refractivity contribution in [3.63, 3.8) is 0 Å². The van der Waals surface area contributed by atoms with Gasteiger partial charge < -0.3 is 0 Å². The van der Waals surface area contributed by atoms with Crippen LogP contribution >= 0.6 is 0 Å². The summed E-state index contributed by atoms with van der Waals surface area (Å²) in [5.41, 5.74) is 0. The molecule has 0 N–H and O–H groups in total. The van der Waals surface area contributed by atoms with Gasteiger partial charge in [-0.2, -0.15) is 0 Å². The van der Waals surface area contributed by atoms with Crippen LogP contribution in [0.1, 0.15) is 6.42 Å². The fraction of sp³-hybridized carbons (Fsp3) is 1.00. The molecule has 2 nitrogen and oxygen atoms in total. The molecule has 0 spiro atoms. The molecule has 0 aromatic heterocycles. The van der Waals surface area contributed by atoms with Gasteiger partial charge >= 0.3 is 9.08 Å². The van der Waals surface area contributed by atoms with Crippen molar-refractivity contribution < 1.29 is 20.7 Å². The van der Waals surface area contributed by atoms with Crippen LogP contribution in [0.2, 0.25) is 6.04 Å². The maximum absolute atomic E-state index is 11.6. The van der Waals surface area contributed by atoms with Crippen LogP contribution < -0.4 is 0 Å². The fourth-order valence-electron chi connectivity index (χ4n) is 0.535. The number of hydrogen-bond acceptors (Lipinski definition) is 2. The van der Waals surface area contributed by atoms with Crippen molar-refractivity contribution in [2.24, 2.45) is 0 Å². The maximum Gasteiger partial charge on any atom is 0.616 e. The Bertz CT molecular complexity index is 208. The Labute approximate surface area is 64.9 Å². The normalized spacial score (nSPS) is 13.5. The van der Waals surface area contributed by atoms with E-state index in [1.807, 2.05) is 0 Å². The minimum absolute atomic E-state index is 0.283. The standard InChI is InChI=1S/C4H9F3O2SSi/c1-10(8,9)3-2-4-11(5,6)7/h2-4H2,1H3. The molecule has 0 aromatic rings. The maximum atomic E-state index is 11.6. The van der Waals surface area contributed by atoms with Crippen LogP contribution in [-0.2, 0) is 9.84 Å². The van der Waals surface area contributed by atoms with E-state index in [0.29, 0.717) is 0 Å². The largest absolute Gasteiger partial charge is 0.616 e. The summed E-state index contributed by atoms with van der Waals surface area (Å²) in [5.74, 6) is -0.362. The molecule has 0 rings (SSSR count). The van der Waals surface area contributed by atoms with Gasteiger partial charge in [-0.05, 0) is 6.42 Å². The van der Waals surface area contributed by atoms with E-state index >= 15 is 0 Å². The summed E-state index contributed by atoms with van der Waals surface area (Å²) < 4.78 is 55.5. The fourth-order valence-corrected chi connectivity index (χ4v) is 2.04. The predicted octanol–water partition coefficient (Wildman–Crippen LogP) is 1.27. The van der Waals surface area contributed by atoms with Crippen molar-refractivity contribution in [1.82, 2.24) is 0 Å². The van der Waals surface area contributed by atoms with E-state index in [1.54, 1.807) is 0 Å². The highest BCUT2D eigenvalue weighted by Gasteiger charge is 2.35. The van der Waals surface area contributed by atoms with E-state index in [1.165, 1.54) is 0 Å². The predicted molar refractivity (Wildman–Crippen MR) is 38.2 cm³/mol. The van der Waals surface area contributed by atoms with Crippen LogP contribution in [0.4, 0.5) is 12.3 Å². The van der Waals surface area contributed by atoms with Gasteiger partial charge in [0.1, 0.15) is 9.84 Å². The minimum atomic E-state index is -5.52. The molecule has 0 radical (unpaired) electrons. The second kappa shape index (κ2) is 3.57. The van der Waals surface area contributed by atoms with E-state index < -0.39 is 25.0 Å².